The molecular formula is C13H15Br2NO2. The van der Waals surface area contributed by atoms with Gasteiger partial charge in [0, 0.05) is 10.5 Å². The molecule has 1 aliphatic rings. The monoisotopic (exact) mass is 375 g/mol. The molecule has 0 spiro atoms. The molecule has 1 aromatic carbocycles. The summed E-state index contributed by atoms with van der Waals surface area (Å²) < 4.78 is 12.7. The van der Waals surface area contributed by atoms with Gasteiger partial charge in [0.2, 0.25) is 0 Å². The predicted molar refractivity (Wildman–Crippen MR) is 80.1 cm³/mol. The van der Waals surface area contributed by atoms with Crippen molar-refractivity contribution in [2.45, 2.75) is 18.9 Å². The second kappa shape index (κ2) is 6.48. The summed E-state index contributed by atoms with van der Waals surface area (Å²) in [5.74, 6) is 0.810. The lowest BCUT2D eigenvalue weighted by Gasteiger charge is -2.21. The van der Waals surface area contributed by atoms with Crippen LogP contribution in [-0.4, -0.2) is 19.8 Å². The number of rotatable bonds is 4. The Morgan fingerprint density at radius 3 is 2.89 bits per heavy atom. The molecule has 0 bridgehead atoms. The smallest absolute Gasteiger partial charge is 0.135 e. The number of benzene rings is 1. The van der Waals surface area contributed by atoms with Crippen molar-refractivity contribution < 1.29 is 9.47 Å². The molecule has 0 fully saturated rings. The van der Waals surface area contributed by atoms with Crippen molar-refractivity contribution in [3.63, 3.8) is 0 Å². The van der Waals surface area contributed by atoms with E-state index in [0.29, 0.717) is 0 Å². The van der Waals surface area contributed by atoms with Gasteiger partial charge < -0.3 is 14.8 Å². The molecule has 1 heterocycles. The predicted octanol–water partition coefficient (Wildman–Crippen LogP) is 4.32. The van der Waals surface area contributed by atoms with Crippen molar-refractivity contribution >= 4 is 37.5 Å². The lowest BCUT2D eigenvalue weighted by Crippen LogP contribution is -2.23. The third-order valence-electron chi connectivity index (χ3n) is 2.78. The van der Waals surface area contributed by atoms with Gasteiger partial charge in [-0.05, 0) is 56.8 Å². The molecule has 3 nitrogen and oxygen atoms in total. The minimum atomic E-state index is 0.233. The first-order chi connectivity index (χ1) is 8.70. The van der Waals surface area contributed by atoms with Gasteiger partial charge in [-0.2, -0.15) is 0 Å². The molecule has 0 amide bonds. The van der Waals surface area contributed by atoms with E-state index in [4.69, 9.17) is 9.47 Å². The van der Waals surface area contributed by atoms with Crippen LogP contribution in [0.5, 0.6) is 5.75 Å². The lowest BCUT2D eigenvalue weighted by molar-refractivity contribution is 0.135. The van der Waals surface area contributed by atoms with Crippen LogP contribution >= 0.6 is 31.9 Å². The van der Waals surface area contributed by atoms with Crippen LogP contribution in [0.15, 0.2) is 33.4 Å². The molecule has 98 valence electrons. The zero-order chi connectivity index (χ0) is 13.0. The number of nitrogens with one attached hydrogen (secondary N) is 1. The van der Waals surface area contributed by atoms with E-state index < -0.39 is 0 Å². The fourth-order valence-corrected chi connectivity index (χ4v) is 3.08. The molecule has 1 aliphatic heterocycles. The maximum Gasteiger partial charge on any atom is 0.135 e. The van der Waals surface area contributed by atoms with E-state index in [-0.39, 0.29) is 6.10 Å². The van der Waals surface area contributed by atoms with E-state index >= 15 is 0 Å². The number of anilines is 1. The quantitative estimate of drug-likeness (QED) is 0.848. The van der Waals surface area contributed by atoms with Gasteiger partial charge in [-0.3, -0.25) is 0 Å². The first-order valence-corrected chi connectivity index (χ1v) is 7.36. The third kappa shape index (κ3) is 3.42. The summed E-state index contributed by atoms with van der Waals surface area (Å²) in [6.07, 6.45) is 6.20. The van der Waals surface area contributed by atoms with Crippen LogP contribution in [0.1, 0.15) is 12.8 Å². The minimum Gasteiger partial charge on any atom is -0.497 e. The van der Waals surface area contributed by atoms with Gasteiger partial charge in [-0.1, -0.05) is 0 Å². The van der Waals surface area contributed by atoms with Gasteiger partial charge in [0.05, 0.1) is 30.1 Å². The SMILES string of the molecule is COc1cc(NCC2CCC=CO2)c(Br)cc1Br. The Balaban J connectivity index is 2.02. The van der Waals surface area contributed by atoms with Crippen LogP contribution in [0.25, 0.3) is 0 Å². The molecule has 1 N–H and O–H groups in total. The second-order valence-corrected chi connectivity index (χ2v) is 5.76. The van der Waals surface area contributed by atoms with Gasteiger partial charge in [-0.15, -0.1) is 0 Å². The molecule has 1 atom stereocenters. The average Bonchev–Trinajstić information content (AvgIpc) is 2.39. The summed E-state index contributed by atoms with van der Waals surface area (Å²) in [7, 11) is 1.66. The van der Waals surface area contributed by atoms with E-state index in [1.165, 1.54) is 0 Å². The number of hydrogen-bond acceptors (Lipinski definition) is 3. The molecular weight excluding hydrogens is 362 g/mol. The van der Waals surface area contributed by atoms with Crippen LogP contribution in [-0.2, 0) is 4.74 Å². The van der Waals surface area contributed by atoms with Crippen molar-refractivity contribution in [1.29, 1.82) is 0 Å². The van der Waals surface area contributed by atoms with Crippen LogP contribution in [0.2, 0.25) is 0 Å². The van der Waals surface area contributed by atoms with E-state index in [1.54, 1.807) is 13.4 Å². The average molecular weight is 377 g/mol. The molecule has 0 radical (unpaired) electrons. The third-order valence-corrected chi connectivity index (χ3v) is 4.06. The molecule has 0 saturated heterocycles. The van der Waals surface area contributed by atoms with Crippen molar-refractivity contribution in [3.05, 3.63) is 33.4 Å². The maximum atomic E-state index is 5.52. The van der Waals surface area contributed by atoms with Crippen LogP contribution < -0.4 is 10.1 Å². The van der Waals surface area contributed by atoms with Gasteiger partial charge >= 0.3 is 0 Å². The van der Waals surface area contributed by atoms with E-state index in [9.17, 15) is 0 Å². The van der Waals surface area contributed by atoms with E-state index in [2.05, 4.69) is 43.3 Å². The topological polar surface area (TPSA) is 30.5 Å². The van der Waals surface area contributed by atoms with Gasteiger partial charge in [-0.25, -0.2) is 0 Å². The molecule has 2 rings (SSSR count). The molecule has 18 heavy (non-hydrogen) atoms. The zero-order valence-electron chi connectivity index (χ0n) is 10.1. The Morgan fingerprint density at radius 1 is 1.39 bits per heavy atom. The number of allylic oxidation sites excluding steroid dienone is 1. The first-order valence-electron chi connectivity index (χ1n) is 5.78. The van der Waals surface area contributed by atoms with Crippen molar-refractivity contribution in [3.8, 4) is 5.75 Å². The Labute approximate surface area is 124 Å². The van der Waals surface area contributed by atoms with Crippen molar-refractivity contribution in [2.24, 2.45) is 0 Å². The number of methoxy groups -OCH3 is 1. The Kier molecular flexibility index (Phi) is 4.95. The second-order valence-electron chi connectivity index (χ2n) is 4.05. The summed E-state index contributed by atoms with van der Waals surface area (Å²) in [6, 6.07) is 3.94. The standard InChI is InChI=1S/C13H15Br2NO2/c1-17-13-7-12(10(14)6-11(13)15)16-8-9-4-2-3-5-18-9/h3,5-7,9,16H,2,4,8H2,1H3. The van der Waals surface area contributed by atoms with Crippen LogP contribution in [0.3, 0.4) is 0 Å². The molecule has 0 aromatic heterocycles. The molecule has 5 heteroatoms. The Hall–Kier alpha value is -0.680. The highest BCUT2D eigenvalue weighted by Crippen LogP contribution is 2.34. The highest BCUT2D eigenvalue weighted by molar-refractivity contribution is 9.11. The summed E-state index contributed by atoms with van der Waals surface area (Å²) in [5, 5.41) is 3.38. The summed E-state index contributed by atoms with van der Waals surface area (Å²) in [4.78, 5) is 0. The fourth-order valence-electron chi connectivity index (χ4n) is 1.78. The summed E-state index contributed by atoms with van der Waals surface area (Å²) >= 11 is 6.99. The van der Waals surface area contributed by atoms with E-state index in [0.717, 1.165) is 39.8 Å². The fraction of sp³-hybridized carbons (Fsp3) is 0.385. The largest absolute Gasteiger partial charge is 0.497 e. The maximum absolute atomic E-state index is 5.52. The van der Waals surface area contributed by atoms with Crippen molar-refractivity contribution in [1.82, 2.24) is 0 Å². The van der Waals surface area contributed by atoms with Gasteiger partial charge in [0.15, 0.2) is 0 Å². The summed E-state index contributed by atoms with van der Waals surface area (Å²) in [6.45, 7) is 0.785. The normalized spacial score (nSPS) is 18.3. The Morgan fingerprint density at radius 2 is 2.22 bits per heavy atom. The number of halogens is 2. The van der Waals surface area contributed by atoms with Crippen LogP contribution in [0.4, 0.5) is 5.69 Å². The molecule has 1 unspecified atom stereocenters. The van der Waals surface area contributed by atoms with E-state index in [1.807, 2.05) is 12.1 Å². The molecule has 1 aromatic rings. The molecule has 0 aliphatic carbocycles. The summed E-state index contributed by atoms with van der Waals surface area (Å²) in [5.41, 5.74) is 1.01. The number of ether oxygens (including phenoxy) is 2. The Bertz CT molecular complexity index is 449. The van der Waals surface area contributed by atoms with Crippen LogP contribution in [0, 0.1) is 0 Å². The highest BCUT2D eigenvalue weighted by atomic mass is 79.9. The highest BCUT2D eigenvalue weighted by Gasteiger charge is 2.12. The zero-order valence-corrected chi connectivity index (χ0v) is 13.3. The number of hydrogen-bond donors (Lipinski definition) is 1. The van der Waals surface area contributed by atoms with Crippen molar-refractivity contribution in [2.75, 3.05) is 19.0 Å². The lowest BCUT2D eigenvalue weighted by atomic mass is 10.1. The van der Waals surface area contributed by atoms with Gasteiger partial charge in [0.25, 0.3) is 0 Å². The van der Waals surface area contributed by atoms with Gasteiger partial charge in [0.1, 0.15) is 11.9 Å². The first kappa shape index (κ1) is 13.7. The molecule has 0 saturated carbocycles. The minimum absolute atomic E-state index is 0.233.